The summed E-state index contributed by atoms with van der Waals surface area (Å²) in [5.41, 5.74) is 0.391. The van der Waals surface area contributed by atoms with Crippen LogP contribution in [0.15, 0.2) is 35.7 Å². The second-order valence-corrected chi connectivity index (χ2v) is 5.76. The Labute approximate surface area is 137 Å². The summed E-state index contributed by atoms with van der Waals surface area (Å²) >= 11 is 1.66. The molecule has 0 bridgehead atoms. The fourth-order valence-electron chi connectivity index (χ4n) is 2.04. The molecule has 7 heteroatoms. The van der Waals surface area contributed by atoms with Crippen LogP contribution in [0.2, 0.25) is 0 Å². The number of nitrogens with one attached hydrogen (secondary N) is 1. The summed E-state index contributed by atoms with van der Waals surface area (Å²) in [5, 5.41) is 4.67. The predicted octanol–water partition coefficient (Wildman–Crippen LogP) is 4.32. The van der Waals surface area contributed by atoms with Gasteiger partial charge in [0.2, 0.25) is 5.91 Å². The van der Waals surface area contributed by atoms with E-state index in [2.05, 4.69) is 10.1 Å². The number of carbonyl (C=O) groups is 1. The summed E-state index contributed by atoms with van der Waals surface area (Å²) in [4.78, 5) is 13.1. The number of rotatable bonds is 8. The molecule has 23 heavy (non-hydrogen) atoms. The summed E-state index contributed by atoms with van der Waals surface area (Å²) in [7, 11) is 1.36. The minimum Gasteiger partial charge on any atom is -0.493 e. The summed E-state index contributed by atoms with van der Waals surface area (Å²) in [6.45, 7) is -2.96. The van der Waals surface area contributed by atoms with Gasteiger partial charge in [-0.3, -0.25) is 4.79 Å². The fraction of sp³-hybridized carbons (Fsp3) is 0.312. The van der Waals surface area contributed by atoms with Crippen molar-refractivity contribution in [2.45, 2.75) is 25.9 Å². The van der Waals surface area contributed by atoms with Gasteiger partial charge in [-0.2, -0.15) is 8.78 Å². The molecule has 0 fully saturated rings. The largest absolute Gasteiger partial charge is 0.493 e. The number of alkyl halides is 2. The number of halogens is 2. The molecule has 0 unspecified atom stereocenters. The zero-order valence-electron chi connectivity index (χ0n) is 12.6. The molecule has 4 nitrogen and oxygen atoms in total. The standard InChI is InChI=1S/C16H17F2NO3S/c1-21-13-8-7-11(10-14(13)22-16(17)18)19-15(20)6-2-4-12-5-3-9-23-12/h3,5,7-10,16H,2,4,6H2,1H3,(H,19,20). The monoisotopic (exact) mass is 341 g/mol. The highest BCUT2D eigenvalue weighted by Crippen LogP contribution is 2.31. The van der Waals surface area contributed by atoms with Gasteiger partial charge < -0.3 is 14.8 Å². The van der Waals surface area contributed by atoms with E-state index in [0.29, 0.717) is 12.1 Å². The van der Waals surface area contributed by atoms with Gasteiger partial charge >= 0.3 is 6.61 Å². The third kappa shape index (κ3) is 5.52. The number of benzene rings is 1. The second-order valence-electron chi connectivity index (χ2n) is 4.73. The van der Waals surface area contributed by atoms with Crippen molar-refractivity contribution >= 4 is 22.9 Å². The molecule has 0 saturated carbocycles. The zero-order valence-corrected chi connectivity index (χ0v) is 13.4. The van der Waals surface area contributed by atoms with Crippen molar-refractivity contribution in [3.05, 3.63) is 40.6 Å². The molecular formula is C16H17F2NO3S. The molecule has 1 aromatic carbocycles. The van der Waals surface area contributed by atoms with E-state index in [1.54, 1.807) is 17.4 Å². The van der Waals surface area contributed by atoms with Crippen LogP contribution in [0.1, 0.15) is 17.7 Å². The number of hydrogen-bond acceptors (Lipinski definition) is 4. The third-order valence-corrected chi connectivity index (χ3v) is 4.01. The number of amides is 1. The maximum atomic E-state index is 12.4. The van der Waals surface area contributed by atoms with Crippen molar-refractivity contribution in [1.82, 2.24) is 0 Å². The van der Waals surface area contributed by atoms with Crippen molar-refractivity contribution in [3.63, 3.8) is 0 Å². The van der Waals surface area contributed by atoms with Gasteiger partial charge in [0.05, 0.1) is 7.11 Å². The molecule has 124 valence electrons. The van der Waals surface area contributed by atoms with E-state index in [1.165, 1.54) is 24.1 Å². The van der Waals surface area contributed by atoms with E-state index < -0.39 is 6.61 Å². The van der Waals surface area contributed by atoms with Gasteiger partial charge in [0, 0.05) is 23.1 Å². The Kier molecular flexibility index (Phi) is 6.34. The van der Waals surface area contributed by atoms with Crippen molar-refractivity contribution < 1.29 is 23.0 Å². The van der Waals surface area contributed by atoms with Gasteiger partial charge in [0.15, 0.2) is 11.5 Å². The molecule has 1 N–H and O–H groups in total. The van der Waals surface area contributed by atoms with E-state index in [-0.39, 0.29) is 17.4 Å². The van der Waals surface area contributed by atoms with Crippen LogP contribution in [0, 0.1) is 0 Å². The molecule has 1 aromatic heterocycles. The van der Waals surface area contributed by atoms with Gasteiger partial charge in [-0.15, -0.1) is 11.3 Å². The van der Waals surface area contributed by atoms with Crippen LogP contribution in [0.3, 0.4) is 0 Å². The lowest BCUT2D eigenvalue weighted by Crippen LogP contribution is -2.12. The highest BCUT2D eigenvalue weighted by atomic mass is 32.1. The molecule has 0 saturated heterocycles. The molecule has 2 aromatic rings. The Morgan fingerprint density at radius 2 is 2.13 bits per heavy atom. The summed E-state index contributed by atoms with van der Waals surface area (Å²) in [5.74, 6) is -0.102. The number of thiophene rings is 1. The van der Waals surface area contributed by atoms with Crippen LogP contribution >= 0.6 is 11.3 Å². The topological polar surface area (TPSA) is 47.6 Å². The van der Waals surface area contributed by atoms with Crippen molar-refractivity contribution in [2.24, 2.45) is 0 Å². The van der Waals surface area contributed by atoms with E-state index >= 15 is 0 Å². The van der Waals surface area contributed by atoms with Gasteiger partial charge in [0.25, 0.3) is 0 Å². The smallest absolute Gasteiger partial charge is 0.387 e. The highest BCUT2D eigenvalue weighted by molar-refractivity contribution is 7.09. The number of ether oxygens (including phenoxy) is 2. The Hall–Kier alpha value is -2.15. The van der Waals surface area contributed by atoms with Crippen LogP contribution in [0.5, 0.6) is 11.5 Å². The van der Waals surface area contributed by atoms with Gasteiger partial charge in [-0.1, -0.05) is 6.07 Å². The van der Waals surface area contributed by atoms with Crippen LogP contribution < -0.4 is 14.8 Å². The van der Waals surface area contributed by atoms with Gasteiger partial charge in [-0.25, -0.2) is 0 Å². The third-order valence-electron chi connectivity index (χ3n) is 3.07. The van der Waals surface area contributed by atoms with Crippen LogP contribution in [0.4, 0.5) is 14.5 Å². The van der Waals surface area contributed by atoms with Crippen LogP contribution in [-0.2, 0) is 11.2 Å². The Morgan fingerprint density at radius 3 is 2.78 bits per heavy atom. The molecule has 0 aliphatic carbocycles. The minimum absolute atomic E-state index is 0.112. The van der Waals surface area contributed by atoms with Crippen molar-refractivity contribution in [2.75, 3.05) is 12.4 Å². The lowest BCUT2D eigenvalue weighted by molar-refractivity contribution is -0.116. The number of anilines is 1. The predicted molar refractivity (Wildman–Crippen MR) is 85.5 cm³/mol. The first-order valence-corrected chi connectivity index (χ1v) is 7.91. The van der Waals surface area contributed by atoms with Gasteiger partial charge in [-0.05, 0) is 36.4 Å². The molecule has 0 aliphatic rings. The minimum atomic E-state index is -2.96. The Morgan fingerprint density at radius 1 is 1.30 bits per heavy atom. The quantitative estimate of drug-likeness (QED) is 0.778. The number of aryl methyl sites for hydroxylation is 1. The Bertz CT molecular complexity index is 632. The van der Waals surface area contributed by atoms with Crippen molar-refractivity contribution in [1.29, 1.82) is 0 Å². The fourth-order valence-corrected chi connectivity index (χ4v) is 2.80. The number of carbonyl (C=O) groups excluding carboxylic acids is 1. The number of hydrogen-bond donors (Lipinski definition) is 1. The average molecular weight is 341 g/mol. The Balaban J connectivity index is 1.89. The lowest BCUT2D eigenvalue weighted by Gasteiger charge is -2.12. The highest BCUT2D eigenvalue weighted by Gasteiger charge is 2.12. The normalized spacial score (nSPS) is 10.6. The summed E-state index contributed by atoms with van der Waals surface area (Å²) in [6.07, 6.45) is 1.92. The summed E-state index contributed by atoms with van der Waals surface area (Å²) in [6, 6.07) is 8.37. The number of methoxy groups -OCH3 is 1. The van der Waals surface area contributed by atoms with Crippen LogP contribution in [-0.4, -0.2) is 19.6 Å². The van der Waals surface area contributed by atoms with Crippen LogP contribution in [0.25, 0.3) is 0 Å². The molecule has 0 spiro atoms. The van der Waals surface area contributed by atoms with E-state index in [4.69, 9.17) is 4.74 Å². The lowest BCUT2D eigenvalue weighted by atomic mass is 10.2. The maximum absolute atomic E-state index is 12.4. The average Bonchev–Trinajstić information content (AvgIpc) is 3.00. The van der Waals surface area contributed by atoms with Crippen molar-refractivity contribution in [3.8, 4) is 11.5 Å². The molecule has 1 heterocycles. The first-order valence-electron chi connectivity index (χ1n) is 7.03. The molecule has 2 rings (SSSR count). The molecular weight excluding hydrogens is 324 g/mol. The van der Waals surface area contributed by atoms with E-state index in [9.17, 15) is 13.6 Å². The SMILES string of the molecule is COc1ccc(NC(=O)CCCc2cccs2)cc1OC(F)F. The molecule has 0 aliphatic heterocycles. The van der Waals surface area contributed by atoms with Gasteiger partial charge in [0.1, 0.15) is 0 Å². The van der Waals surface area contributed by atoms with E-state index in [0.717, 1.165) is 12.8 Å². The first kappa shape index (κ1) is 17.2. The summed E-state index contributed by atoms with van der Waals surface area (Å²) < 4.78 is 34.1. The molecule has 0 atom stereocenters. The first-order chi connectivity index (χ1) is 11.1. The molecule has 1 amide bonds. The molecule has 0 radical (unpaired) electrons. The second kappa shape index (κ2) is 8.47. The maximum Gasteiger partial charge on any atom is 0.387 e. The van der Waals surface area contributed by atoms with E-state index in [1.807, 2.05) is 17.5 Å². The zero-order chi connectivity index (χ0) is 16.7.